The first-order valence-electron chi connectivity index (χ1n) is 8.01. The standard InChI is InChI=1S/C17H22N4O2S/c1-13(16(22)19-14-4-3-5-15(12-14)23-2)20-7-9-21(10-8-20)17-18-6-11-24-17/h3-6,11-13H,7-10H2,1-2H3,(H,19,22)/t13-/m1/s1. The molecule has 7 heteroatoms. The molecule has 3 rings (SSSR count). The van der Waals surface area contributed by atoms with Gasteiger partial charge in [0.2, 0.25) is 5.91 Å². The molecule has 0 radical (unpaired) electrons. The summed E-state index contributed by atoms with van der Waals surface area (Å²) in [6.45, 7) is 5.45. The Morgan fingerprint density at radius 2 is 2.12 bits per heavy atom. The molecule has 1 aliphatic heterocycles. The molecule has 1 fully saturated rings. The third-order valence-corrected chi connectivity index (χ3v) is 5.10. The van der Waals surface area contributed by atoms with E-state index >= 15 is 0 Å². The molecular formula is C17H22N4O2S. The molecule has 6 nitrogen and oxygen atoms in total. The Labute approximate surface area is 146 Å². The van der Waals surface area contributed by atoms with Crippen LogP contribution in [0, 0.1) is 0 Å². The lowest BCUT2D eigenvalue weighted by atomic mass is 10.2. The van der Waals surface area contributed by atoms with Crippen LogP contribution in [-0.2, 0) is 4.79 Å². The fourth-order valence-electron chi connectivity index (χ4n) is 2.79. The molecule has 2 aromatic rings. The topological polar surface area (TPSA) is 57.7 Å². The number of piperazine rings is 1. The third kappa shape index (κ3) is 3.85. The van der Waals surface area contributed by atoms with Crippen molar-refractivity contribution < 1.29 is 9.53 Å². The minimum Gasteiger partial charge on any atom is -0.497 e. The molecule has 0 saturated carbocycles. The largest absolute Gasteiger partial charge is 0.497 e. The predicted molar refractivity (Wildman–Crippen MR) is 97.0 cm³/mol. The van der Waals surface area contributed by atoms with E-state index in [1.807, 2.05) is 42.8 Å². The maximum absolute atomic E-state index is 12.5. The molecular weight excluding hydrogens is 324 g/mol. The van der Waals surface area contributed by atoms with Crippen LogP contribution in [0.25, 0.3) is 0 Å². The minimum absolute atomic E-state index is 0.00551. The van der Waals surface area contributed by atoms with E-state index in [4.69, 9.17) is 4.74 Å². The summed E-state index contributed by atoms with van der Waals surface area (Å²) in [7, 11) is 1.62. The summed E-state index contributed by atoms with van der Waals surface area (Å²) in [5.74, 6) is 0.739. The number of ether oxygens (including phenoxy) is 1. The molecule has 1 aromatic carbocycles. The number of anilines is 2. The van der Waals surface area contributed by atoms with Crippen molar-refractivity contribution in [3.8, 4) is 5.75 Å². The van der Waals surface area contributed by atoms with Crippen LogP contribution in [0.5, 0.6) is 5.75 Å². The monoisotopic (exact) mass is 346 g/mol. The Bertz CT molecular complexity index is 669. The van der Waals surface area contributed by atoms with Gasteiger partial charge in [0.25, 0.3) is 0 Å². The predicted octanol–water partition coefficient (Wildman–Crippen LogP) is 2.30. The SMILES string of the molecule is COc1cccc(NC(=O)[C@@H](C)N2CCN(c3nccs3)CC2)c1. The fourth-order valence-corrected chi connectivity index (χ4v) is 3.48. The number of benzene rings is 1. The van der Waals surface area contributed by atoms with E-state index in [0.717, 1.165) is 42.7 Å². The van der Waals surface area contributed by atoms with Gasteiger partial charge in [0, 0.05) is 49.5 Å². The van der Waals surface area contributed by atoms with Gasteiger partial charge in [-0.15, -0.1) is 11.3 Å². The van der Waals surface area contributed by atoms with Crippen LogP contribution >= 0.6 is 11.3 Å². The van der Waals surface area contributed by atoms with Crippen molar-refractivity contribution in [1.82, 2.24) is 9.88 Å². The van der Waals surface area contributed by atoms with Crippen LogP contribution in [0.2, 0.25) is 0 Å². The zero-order chi connectivity index (χ0) is 16.9. The zero-order valence-electron chi connectivity index (χ0n) is 13.9. The summed E-state index contributed by atoms with van der Waals surface area (Å²) in [4.78, 5) is 21.3. The average Bonchev–Trinajstić information content (AvgIpc) is 3.16. The number of amides is 1. The lowest BCUT2D eigenvalue weighted by molar-refractivity contribution is -0.120. The van der Waals surface area contributed by atoms with Crippen LogP contribution in [0.4, 0.5) is 10.8 Å². The number of carbonyl (C=O) groups excluding carboxylic acids is 1. The van der Waals surface area contributed by atoms with E-state index in [-0.39, 0.29) is 11.9 Å². The number of aromatic nitrogens is 1. The van der Waals surface area contributed by atoms with Crippen molar-refractivity contribution in [2.75, 3.05) is 43.5 Å². The minimum atomic E-state index is -0.172. The first kappa shape index (κ1) is 16.7. The molecule has 2 heterocycles. The first-order chi connectivity index (χ1) is 11.7. The second-order valence-electron chi connectivity index (χ2n) is 5.73. The van der Waals surface area contributed by atoms with Gasteiger partial charge in [-0.2, -0.15) is 0 Å². The highest BCUT2D eigenvalue weighted by Gasteiger charge is 2.26. The Balaban J connectivity index is 1.54. The van der Waals surface area contributed by atoms with Crippen molar-refractivity contribution in [2.45, 2.75) is 13.0 Å². The molecule has 1 N–H and O–H groups in total. The van der Waals surface area contributed by atoms with Gasteiger partial charge in [-0.25, -0.2) is 4.98 Å². The number of methoxy groups -OCH3 is 1. The van der Waals surface area contributed by atoms with Crippen LogP contribution in [0.15, 0.2) is 35.8 Å². The molecule has 1 aromatic heterocycles. The van der Waals surface area contributed by atoms with Gasteiger partial charge in [0.1, 0.15) is 5.75 Å². The van der Waals surface area contributed by atoms with Crippen LogP contribution in [0.3, 0.4) is 0 Å². The molecule has 0 unspecified atom stereocenters. The zero-order valence-corrected chi connectivity index (χ0v) is 14.8. The summed E-state index contributed by atoms with van der Waals surface area (Å²) in [6, 6.07) is 7.25. The van der Waals surface area contributed by atoms with Gasteiger partial charge >= 0.3 is 0 Å². The molecule has 128 valence electrons. The Hall–Kier alpha value is -2.12. The second-order valence-corrected chi connectivity index (χ2v) is 6.61. The molecule has 1 saturated heterocycles. The van der Waals surface area contributed by atoms with Crippen molar-refractivity contribution in [2.24, 2.45) is 0 Å². The number of nitrogens with zero attached hydrogens (tertiary/aromatic N) is 3. The number of hydrogen-bond acceptors (Lipinski definition) is 6. The highest BCUT2D eigenvalue weighted by Crippen LogP contribution is 2.20. The van der Waals surface area contributed by atoms with E-state index in [2.05, 4.69) is 20.1 Å². The number of rotatable bonds is 5. The number of nitrogens with one attached hydrogen (secondary N) is 1. The van der Waals surface area contributed by atoms with Crippen LogP contribution < -0.4 is 15.0 Å². The maximum Gasteiger partial charge on any atom is 0.241 e. The highest BCUT2D eigenvalue weighted by atomic mass is 32.1. The molecule has 24 heavy (non-hydrogen) atoms. The molecule has 0 bridgehead atoms. The van der Waals surface area contributed by atoms with E-state index in [9.17, 15) is 4.79 Å². The van der Waals surface area contributed by atoms with E-state index in [1.54, 1.807) is 18.4 Å². The lowest BCUT2D eigenvalue weighted by Crippen LogP contribution is -2.52. The molecule has 1 aliphatic rings. The Morgan fingerprint density at radius 1 is 1.33 bits per heavy atom. The molecule has 1 amide bonds. The van der Waals surface area contributed by atoms with Gasteiger partial charge in [0.15, 0.2) is 5.13 Å². The summed E-state index contributed by atoms with van der Waals surface area (Å²) in [6.07, 6.45) is 1.83. The molecule has 0 aliphatic carbocycles. The smallest absolute Gasteiger partial charge is 0.241 e. The first-order valence-corrected chi connectivity index (χ1v) is 8.89. The van der Waals surface area contributed by atoms with E-state index < -0.39 is 0 Å². The fraction of sp³-hybridized carbons (Fsp3) is 0.412. The summed E-state index contributed by atoms with van der Waals surface area (Å²) >= 11 is 1.66. The summed E-state index contributed by atoms with van der Waals surface area (Å²) < 4.78 is 5.19. The van der Waals surface area contributed by atoms with Gasteiger partial charge in [0.05, 0.1) is 13.2 Å². The van der Waals surface area contributed by atoms with Gasteiger partial charge in [-0.1, -0.05) is 6.07 Å². The Morgan fingerprint density at radius 3 is 2.79 bits per heavy atom. The van der Waals surface area contributed by atoms with Crippen molar-refractivity contribution in [3.63, 3.8) is 0 Å². The van der Waals surface area contributed by atoms with Gasteiger partial charge in [-0.05, 0) is 19.1 Å². The average molecular weight is 346 g/mol. The highest BCUT2D eigenvalue weighted by molar-refractivity contribution is 7.13. The van der Waals surface area contributed by atoms with Crippen molar-refractivity contribution >= 4 is 28.1 Å². The number of hydrogen-bond donors (Lipinski definition) is 1. The van der Waals surface area contributed by atoms with Gasteiger partial charge < -0.3 is 15.0 Å². The Kier molecular flexibility index (Phi) is 5.32. The van der Waals surface area contributed by atoms with E-state index in [0.29, 0.717) is 0 Å². The maximum atomic E-state index is 12.5. The van der Waals surface area contributed by atoms with Crippen LogP contribution in [-0.4, -0.2) is 55.1 Å². The third-order valence-electron chi connectivity index (χ3n) is 4.27. The normalized spacial score (nSPS) is 16.7. The van der Waals surface area contributed by atoms with Crippen LogP contribution in [0.1, 0.15) is 6.92 Å². The number of carbonyl (C=O) groups is 1. The second kappa shape index (κ2) is 7.63. The lowest BCUT2D eigenvalue weighted by Gasteiger charge is -2.37. The molecule has 0 spiro atoms. The van der Waals surface area contributed by atoms with Crippen molar-refractivity contribution in [3.05, 3.63) is 35.8 Å². The van der Waals surface area contributed by atoms with Gasteiger partial charge in [-0.3, -0.25) is 9.69 Å². The quantitative estimate of drug-likeness (QED) is 0.900. The molecule has 1 atom stereocenters. The van der Waals surface area contributed by atoms with E-state index in [1.165, 1.54) is 0 Å². The summed E-state index contributed by atoms with van der Waals surface area (Å²) in [5.41, 5.74) is 0.757. The van der Waals surface area contributed by atoms with Crippen molar-refractivity contribution in [1.29, 1.82) is 0 Å². The summed E-state index contributed by atoms with van der Waals surface area (Å²) in [5, 5.41) is 6.02. The number of thiazole rings is 1.